The summed E-state index contributed by atoms with van der Waals surface area (Å²) in [6, 6.07) is 9.84. The molecule has 1 aromatic heterocycles. The standard InChI is InChI=1S/C16H18FN3O/c1-11(21)14-8-9-15(20-19-14)18-10-16(2,3)12-4-6-13(17)7-5-12/h4-9H,10H2,1-3H3,(H,18,20). The highest BCUT2D eigenvalue weighted by molar-refractivity contribution is 5.91. The first-order valence-corrected chi connectivity index (χ1v) is 6.73. The molecule has 0 amide bonds. The van der Waals surface area contributed by atoms with E-state index in [0.29, 0.717) is 18.1 Å². The van der Waals surface area contributed by atoms with Crippen LogP contribution in [-0.4, -0.2) is 22.5 Å². The second kappa shape index (κ2) is 5.99. The Morgan fingerprint density at radius 1 is 1.14 bits per heavy atom. The quantitative estimate of drug-likeness (QED) is 0.858. The molecule has 0 bridgehead atoms. The minimum absolute atomic E-state index is 0.110. The van der Waals surface area contributed by atoms with E-state index in [-0.39, 0.29) is 17.0 Å². The lowest BCUT2D eigenvalue weighted by Gasteiger charge is -2.25. The Morgan fingerprint density at radius 3 is 2.33 bits per heavy atom. The molecule has 0 aliphatic heterocycles. The fourth-order valence-electron chi connectivity index (χ4n) is 1.93. The van der Waals surface area contributed by atoms with Crippen LogP contribution in [0.2, 0.25) is 0 Å². The number of hydrogen-bond acceptors (Lipinski definition) is 4. The molecule has 0 spiro atoms. The van der Waals surface area contributed by atoms with Crippen LogP contribution < -0.4 is 5.32 Å². The van der Waals surface area contributed by atoms with Crippen LogP contribution in [0.15, 0.2) is 36.4 Å². The first-order valence-electron chi connectivity index (χ1n) is 6.73. The van der Waals surface area contributed by atoms with Gasteiger partial charge in [-0.1, -0.05) is 26.0 Å². The SMILES string of the molecule is CC(=O)c1ccc(NCC(C)(C)c2ccc(F)cc2)nn1. The summed E-state index contributed by atoms with van der Waals surface area (Å²) in [5, 5.41) is 11.0. The molecular formula is C16H18FN3O. The number of ketones is 1. The van der Waals surface area contributed by atoms with Gasteiger partial charge in [0.15, 0.2) is 5.78 Å². The zero-order valence-corrected chi connectivity index (χ0v) is 12.4. The maximum atomic E-state index is 13.0. The molecule has 0 atom stereocenters. The largest absolute Gasteiger partial charge is 0.368 e. The number of aromatic nitrogens is 2. The molecule has 5 heteroatoms. The molecule has 0 aliphatic carbocycles. The van der Waals surface area contributed by atoms with E-state index in [0.717, 1.165) is 5.56 Å². The van der Waals surface area contributed by atoms with Crippen molar-refractivity contribution in [3.05, 3.63) is 53.5 Å². The molecule has 0 saturated heterocycles. The van der Waals surface area contributed by atoms with Gasteiger partial charge >= 0.3 is 0 Å². The number of rotatable bonds is 5. The summed E-state index contributed by atoms with van der Waals surface area (Å²) < 4.78 is 13.0. The smallest absolute Gasteiger partial charge is 0.180 e. The van der Waals surface area contributed by atoms with Gasteiger partial charge in [0.05, 0.1) is 0 Å². The average Bonchev–Trinajstić information content (AvgIpc) is 2.46. The summed E-state index contributed by atoms with van der Waals surface area (Å²) in [5.74, 6) is 0.254. The van der Waals surface area contributed by atoms with Crippen LogP contribution in [0.1, 0.15) is 36.8 Å². The summed E-state index contributed by atoms with van der Waals surface area (Å²) in [6.07, 6.45) is 0. The molecular weight excluding hydrogens is 269 g/mol. The predicted molar refractivity (Wildman–Crippen MR) is 80.0 cm³/mol. The maximum Gasteiger partial charge on any atom is 0.180 e. The third-order valence-electron chi connectivity index (χ3n) is 3.36. The number of anilines is 1. The van der Waals surface area contributed by atoms with Gasteiger partial charge in [-0.2, -0.15) is 0 Å². The summed E-state index contributed by atoms with van der Waals surface area (Å²) in [5.41, 5.74) is 1.19. The van der Waals surface area contributed by atoms with Gasteiger partial charge in [0.1, 0.15) is 17.3 Å². The number of carbonyl (C=O) groups excluding carboxylic acids is 1. The molecule has 1 aromatic carbocycles. The molecule has 1 N–H and O–H groups in total. The number of Topliss-reactive ketones (excluding diaryl/α,β-unsaturated/α-hetero) is 1. The van der Waals surface area contributed by atoms with Crippen molar-refractivity contribution in [3.8, 4) is 0 Å². The van der Waals surface area contributed by atoms with Crippen molar-refractivity contribution >= 4 is 11.6 Å². The van der Waals surface area contributed by atoms with Crippen LogP contribution in [0.4, 0.5) is 10.2 Å². The number of nitrogens with one attached hydrogen (secondary N) is 1. The van der Waals surface area contributed by atoms with Crippen LogP contribution in [0.3, 0.4) is 0 Å². The van der Waals surface area contributed by atoms with Gasteiger partial charge in [0.25, 0.3) is 0 Å². The number of nitrogens with zero attached hydrogens (tertiary/aromatic N) is 2. The topological polar surface area (TPSA) is 54.9 Å². The fourth-order valence-corrected chi connectivity index (χ4v) is 1.93. The Morgan fingerprint density at radius 2 is 1.81 bits per heavy atom. The predicted octanol–water partition coefficient (Wildman–Crippen LogP) is 3.21. The monoisotopic (exact) mass is 287 g/mol. The van der Waals surface area contributed by atoms with Gasteiger partial charge in [-0.25, -0.2) is 4.39 Å². The van der Waals surface area contributed by atoms with Gasteiger partial charge in [-0.15, -0.1) is 10.2 Å². The zero-order chi connectivity index (χ0) is 15.5. The number of hydrogen-bond donors (Lipinski definition) is 1. The summed E-state index contributed by atoms with van der Waals surface area (Å²) in [7, 11) is 0. The highest BCUT2D eigenvalue weighted by atomic mass is 19.1. The van der Waals surface area contributed by atoms with Gasteiger partial charge in [-0.05, 0) is 29.8 Å². The van der Waals surface area contributed by atoms with E-state index in [1.165, 1.54) is 19.1 Å². The minimum atomic E-state index is -0.242. The summed E-state index contributed by atoms with van der Waals surface area (Å²) in [6.45, 7) is 6.19. The Kier molecular flexibility index (Phi) is 4.31. The summed E-state index contributed by atoms with van der Waals surface area (Å²) in [4.78, 5) is 11.1. The van der Waals surface area contributed by atoms with Crippen molar-refractivity contribution in [2.75, 3.05) is 11.9 Å². The van der Waals surface area contributed by atoms with Crippen molar-refractivity contribution in [2.45, 2.75) is 26.2 Å². The van der Waals surface area contributed by atoms with Gasteiger partial charge < -0.3 is 5.32 Å². The van der Waals surface area contributed by atoms with Crippen LogP contribution in [0.25, 0.3) is 0 Å². The van der Waals surface area contributed by atoms with E-state index in [1.807, 2.05) is 0 Å². The lowest BCUT2D eigenvalue weighted by atomic mass is 9.84. The lowest BCUT2D eigenvalue weighted by molar-refractivity contribution is 0.101. The molecule has 0 unspecified atom stereocenters. The minimum Gasteiger partial charge on any atom is -0.368 e. The Bertz CT molecular complexity index is 621. The first kappa shape index (κ1) is 15.1. The van der Waals surface area contributed by atoms with E-state index in [4.69, 9.17) is 0 Å². The van der Waals surface area contributed by atoms with Crippen molar-refractivity contribution in [3.63, 3.8) is 0 Å². The van der Waals surface area contributed by atoms with Crippen molar-refractivity contribution in [1.82, 2.24) is 10.2 Å². The second-order valence-corrected chi connectivity index (χ2v) is 5.60. The normalized spacial score (nSPS) is 11.2. The Balaban J connectivity index is 2.04. The van der Waals surface area contributed by atoms with Crippen LogP contribution in [0.5, 0.6) is 0 Å². The molecule has 0 fully saturated rings. The average molecular weight is 287 g/mol. The number of benzene rings is 1. The number of carbonyl (C=O) groups is 1. The van der Waals surface area contributed by atoms with Gasteiger partial charge in [0.2, 0.25) is 0 Å². The van der Waals surface area contributed by atoms with Crippen molar-refractivity contribution in [2.24, 2.45) is 0 Å². The summed E-state index contributed by atoms with van der Waals surface area (Å²) >= 11 is 0. The number of halogens is 1. The van der Waals surface area contributed by atoms with Crippen molar-refractivity contribution < 1.29 is 9.18 Å². The van der Waals surface area contributed by atoms with Gasteiger partial charge in [-0.3, -0.25) is 4.79 Å². The third-order valence-corrected chi connectivity index (χ3v) is 3.36. The third kappa shape index (κ3) is 3.84. The molecule has 0 aliphatic rings. The van der Waals surface area contributed by atoms with Crippen molar-refractivity contribution in [1.29, 1.82) is 0 Å². The molecule has 21 heavy (non-hydrogen) atoms. The molecule has 4 nitrogen and oxygen atoms in total. The van der Waals surface area contributed by atoms with E-state index in [2.05, 4.69) is 29.4 Å². The lowest BCUT2D eigenvalue weighted by Crippen LogP contribution is -2.28. The van der Waals surface area contributed by atoms with E-state index in [9.17, 15) is 9.18 Å². The van der Waals surface area contributed by atoms with Crippen LogP contribution in [-0.2, 0) is 5.41 Å². The highest BCUT2D eigenvalue weighted by Gasteiger charge is 2.20. The molecule has 110 valence electrons. The molecule has 2 rings (SSSR count). The fraction of sp³-hybridized carbons (Fsp3) is 0.312. The molecule has 0 saturated carbocycles. The zero-order valence-electron chi connectivity index (χ0n) is 12.4. The molecule has 1 heterocycles. The van der Waals surface area contributed by atoms with E-state index >= 15 is 0 Å². The van der Waals surface area contributed by atoms with Crippen LogP contribution in [0, 0.1) is 5.82 Å². The Hall–Kier alpha value is -2.30. The Labute approximate surface area is 123 Å². The maximum absolute atomic E-state index is 13.0. The van der Waals surface area contributed by atoms with E-state index in [1.54, 1.807) is 24.3 Å². The molecule has 0 radical (unpaired) electrons. The van der Waals surface area contributed by atoms with E-state index < -0.39 is 0 Å². The van der Waals surface area contributed by atoms with Gasteiger partial charge in [0, 0.05) is 18.9 Å². The highest BCUT2D eigenvalue weighted by Crippen LogP contribution is 2.23. The second-order valence-electron chi connectivity index (χ2n) is 5.60. The first-order chi connectivity index (χ1) is 9.88. The van der Waals surface area contributed by atoms with Crippen LogP contribution >= 0.6 is 0 Å². The molecule has 2 aromatic rings.